The van der Waals surface area contributed by atoms with Gasteiger partial charge in [-0.1, -0.05) is 13.0 Å². The van der Waals surface area contributed by atoms with Crippen molar-refractivity contribution in [3.63, 3.8) is 0 Å². The maximum absolute atomic E-state index is 10.5. The fourth-order valence-electron chi connectivity index (χ4n) is 2.97. The van der Waals surface area contributed by atoms with Gasteiger partial charge in [0.2, 0.25) is 0 Å². The van der Waals surface area contributed by atoms with Gasteiger partial charge in [0.05, 0.1) is 24.6 Å². The summed E-state index contributed by atoms with van der Waals surface area (Å²) in [5.74, 6) is 0.853. The van der Waals surface area contributed by atoms with E-state index in [1.807, 2.05) is 55.6 Å². The zero-order chi connectivity index (χ0) is 16.6. The second kappa shape index (κ2) is 6.05. The Morgan fingerprint density at radius 1 is 1.22 bits per heavy atom. The summed E-state index contributed by atoms with van der Waals surface area (Å²) in [5.41, 5.74) is 5.70. The summed E-state index contributed by atoms with van der Waals surface area (Å²) in [6.07, 6.45) is 2.05. The first-order chi connectivity index (χ1) is 11.1. The van der Waals surface area contributed by atoms with Gasteiger partial charge >= 0.3 is 0 Å². The number of aliphatic hydroxyl groups excluding tert-OH is 1. The number of fused-ring (bicyclic) bond motifs is 1. The van der Waals surface area contributed by atoms with Gasteiger partial charge in [0, 0.05) is 11.8 Å². The fourth-order valence-corrected chi connectivity index (χ4v) is 2.97. The highest BCUT2D eigenvalue weighted by molar-refractivity contribution is 5.70. The van der Waals surface area contributed by atoms with Crippen LogP contribution in [0.15, 0.2) is 36.5 Å². The number of rotatable bonds is 4. The number of ether oxygens (including phenoxy) is 1. The van der Waals surface area contributed by atoms with E-state index in [0.29, 0.717) is 6.42 Å². The largest absolute Gasteiger partial charge is 0.496 e. The molecule has 2 aromatic heterocycles. The molecule has 0 saturated carbocycles. The fraction of sp³-hybridized carbons (Fsp3) is 0.316. The van der Waals surface area contributed by atoms with Crippen LogP contribution in [0, 0.1) is 13.8 Å². The zero-order valence-electron chi connectivity index (χ0n) is 14.0. The summed E-state index contributed by atoms with van der Waals surface area (Å²) in [4.78, 5) is 4.81. The van der Waals surface area contributed by atoms with E-state index >= 15 is 0 Å². The predicted molar refractivity (Wildman–Crippen MR) is 91.9 cm³/mol. The van der Waals surface area contributed by atoms with Crippen molar-refractivity contribution < 1.29 is 9.84 Å². The Hall–Kier alpha value is -2.33. The van der Waals surface area contributed by atoms with Gasteiger partial charge in [-0.25, -0.2) is 4.98 Å². The Morgan fingerprint density at radius 3 is 2.65 bits per heavy atom. The van der Waals surface area contributed by atoms with E-state index in [0.717, 1.165) is 39.5 Å². The molecule has 1 aromatic carbocycles. The summed E-state index contributed by atoms with van der Waals surface area (Å²) in [6.45, 7) is 6.02. The molecule has 3 rings (SSSR count). The molecule has 0 saturated heterocycles. The molecule has 0 aliphatic heterocycles. The Labute approximate surface area is 136 Å². The highest BCUT2D eigenvalue weighted by Gasteiger charge is 2.20. The highest BCUT2D eigenvalue weighted by atomic mass is 16.5. The summed E-state index contributed by atoms with van der Waals surface area (Å²) in [6, 6.07) is 10.0. The first kappa shape index (κ1) is 15.6. The third-order valence-electron chi connectivity index (χ3n) is 4.25. The lowest BCUT2D eigenvalue weighted by atomic mass is 10.0. The number of methoxy groups -OCH3 is 1. The van der Waals surface area contributed by atoms with Crippen LogP contribution in [0.3, 0.4) is 0 Å². The normalized spacial score (nSPS) is 12.6. The van der Waals surface area contributed by atoms with Crippen molar-refractivity contribution in [2.75, 3.05) is 7.11 Å². The van der Waals surface area contributed by atoms with Gasteiger partial charge in [-0.2, -0.15) is 0 Å². The number of aryl methyl sites for hydroxylation is 2. The van der Waals surface area contributed by atoms with Crippen molar-refractivity contribution in [3.05, 3.63) is 53.3 Å². The number of aliphatic hydroxyl groups is 1. The average molecular weight is 310 g/mol. The number of hydrogen-bond acceptors (Lipinski definition) is 3. The Bertz CT molecular complexity index is 852. The molecule has 0 aliphatic carbocycles. The standard InChI is InChI=1S/C19H22N2O2/c1-5-15(22)18-17(14-8-9-16(23-4)13(3)11-14)20-19-12(2)7-6-10-21(18)19/h6-11,15,22H,5H2,1-4H3. The molecule has 120 valence electrons. The van der Waals surface area contributed by atoms with Crippen molar-refractivity contribution >= 4 is 5.65 Å². The third-order valence-corrected chi connectivity index (χ3v) is 4.25. The van der Waals surface area contributed by atoms with Crippen molar-refractivity contribution in [2.24, 2.45) is 0 Å². The van der Waals surface area contributed by atoms with Gasteiger partial charge in [0.1, 0.15) is 11.4 Å². The number of hydrogen-bond donors (Lipinski definition) is 1. The molecule has 0 radical (unpaired) electrons. The minimum atomic E-state index is -0.552. The minimum absolute atomic E-state index is 0.552. The van der Waals surface area contributed by atoms with E-state index in [2.05, 4.69) is 6.07 Å². The van der Waals surface area contributed by atoms with Crippen molar-refractivity contribution in [2.45, 2.75) is 33.3 Å². The van der Waals surface area contributed by atoms with Gasteiger partial charge in [-0.15, -0.1) is 0 Å². The van der Waals surface area contributed by atoms with Crippen molar-refractivity contribution in [1.82, 2.24) is 9.38 Å². The van der Waals surface area contributed by atoms with Crippen molar-refractivity contribution in [1.29, 1.82) is 0 Å². The highest BCUT2D eigenvalue weighted by Crippen LogP contribution is 2.33. The number of nitrogens with zero attached hydrogens (tertiary/aromatic N) is 2. The topological polar surface area (TPSA) is 46.8 Å². The molecule has 1 unspecified atom stereocenters. The van der Waals surface area contributed by atoms with Crippen molar-refractivity contribution in [3.8, 4) is 17.0 Å². The predicted octanol–water partition coefficient (Wildman–Crippen LogP) is 4.07. The molecular formula is C19H22N2O2. The quantitative estimate of drug-likeness (QED) is 0.790. The molecule has 1 N–H and O–H groups in total. The van der Waals surface area contributed by atoms with E-state index in [1.165, 1.54) is 0 Å². The lowest BCUT2D eigenvalue weighted by molar-refractivity contribution is 0.168. The summed E-state index contributed by atoms with van der Waals surface area (Å²) < 4.78 is 7.34. The van der Waals surface area contributed by atoms with E-state index in [4.69, 9.17) is 9.72 Å². The molecule has 4 heteroatoms. The number of imidazole rings is 1. The van der Waals surface area contributed by atoms with Crippen LogP contribution in [0.4, 0.5) is 0 Å². The number of benzene rings is 1. The molecule has 1 atom stereocenters. The van der Waals surface area contributed by atoms with Crippen LogP contribution in [-0.4, -0.2) is 21.6 Å². The molecular weight excluding hydrogens is 288 g/mol. The van der Waals surface area contributed by atoms with E-state index < -0.39 is 6.10 Å². The Balaban J connectivity index is 2.28. The lowest BCUT2D eigenvalue weighted by Gasteiger charge is -2.12. The molecule has 2 heterocycles. The molecule has 0 bridgehead atoms. The Kier molecular flexibility index (Phi) is 4.09. The molecule has 23 heavy (non-hydrogen) atoms. The maximum atomic E-state index is 10.5. The molecule has 4 nitrogen and oxygen atoms in total. The first-order valence-electron chi connectivity index (χ1n) is 7.87. The molecule has 3 aromatic rings. The lowest BCUT2D eigenvalue weighted by Crippen LogP contribution is -2.02. The summed E-state index contributed by atoms with van der Waals surface area (Å²) >= 11 is 0. The molecule has 0 fully saturated rings. The zero-order valence-corrected chi connectivity index (χ0v) is 14.0. The third kappa shape index (κ3) is 2.59. The summed E-state index contributed by atoms with van der Waals surface area (Å²) in [7, 11) is 1.67. The van der Waals surface area contributed by atoms with Gasteiger partial charge in [-0.05, 0) is 55.7 Å². The SMILES string of the molecule is CCC(O)c1c(-c2ccc(OC)c(C)c2)nc2c(C)cccn12. The van der Waals surface area contributed by atoms with E-state index in [9.17, 15) is 5.11 Å². The van der Waals surface area contributed by atoms with Crippen LogP contribution in [-0.2, 0) is 0 Å². The number of aromatic nitrogens is 2. The van der Waals surface area contributed by atoms with Crippen LogP contribution in [0.5, 0.6) is 5.75 Å². The van der Waals surface area contributed by atoms with Gasteiger partial charge in [-0.3, -0.25) is 0 Å². The van der Waals surface area contributed by atoms with Gasteiger partial charge < -0.3 is 14.2 Å². The van der Waals surface area contributed by atoms with E-state index in [-0.39, 0.29) is 0 Å². The Morgan fingerprint density at radius 2 is 2.00 bits per heavy atom. The second-order valence-electron chi connectivity index (χ2n) is 5.84. The molecule has 0 amide bonds. The average Bonchev–Trinajstić information content (AvgIpc) is 2.95. The summed E-state index contributed by atoms with van der Waals surface area (Å²) in [5, 5.41) is 10.5. The van der Waals surface area contributed by atoms with Crippen LogP contribution in [0.1, 0.15) is 36.3 Å². The van der Waals surface area contributed by atoms with E-state index in [1.54, 1.807) is 7.11 Å². The molecule has 0 aliphatic rings. The first-order valence-corrected chi connectivity index (χ1v) is 7.87. The van der Waals surface area contributed by atoms with Gasteiger partial charge in [0.15, 0.2) is 0 Å². The van der Waals surface area contributed by atoms with Crippen LogP contribution < -0.4 is 4.74 Å². The second-order valence-corrected chi connectivity index (χ2v) is 5.84. The molecule has 0 spiro atoms. The van der Waals surface area contributed by atoms with Crippen LogP contribution >= 0.6 is 0 Å². The maximum Gasteiger partial charge on any atom is 0.140 e. The smallest absolute Gasteiger partial charge is 0.140 e. The van der Waals surface area contributed by atoms with Crippen LogP contribution in [0.2, 0.25) is 0 Å². The van der Waals surface area contributed by atoms with Crippen LogP contribution in [0.25, 0.3) is 16.9 Å². The number of pyridine rings is 1. The van der Waals surface area contributed by atoms with Gasteiger partial charge in [0.25, 0.3) is 0 Å². The monoisotopic (exact) mass is 310 g/mol. The minimum Gasteiger partial charge on any atom is -0.496 e.